The van der Waals surface area contributed by atoms with Crippen LogP contribution in [0.1, 0.15) is 38.3 Å². The van der Waals surface area contributed by atoms with Crippen LogP contribution in [0.25, 0.3) is 0 Å². The third kappa shape index (κ3) is 2.82. The number of hydrogen-bond acceptors (Lipinski definition) is 1. The van der Waals surface area contributed by atoms with E-state index in [1.807, 2.05) is 13.0 Å². The van der Waals surface area contributed by atoms with E-state index in [1.54, 1.807) is 6.07 Å². The minimum atomic E-state index is -0.238. The van der Waals surface area contributed by atoms with Crippen molar-refractivity contribution in [1.29, 1.82) is 0 Å². The van der Waals surface area contributed by atoms with E-state index in [4.69, 9.17) is 5.73 Å². The summed E-state index contributed by atoms with van der Waals surface area (Å²) in [6, 6.07) is 4.93. The lowest BCUT2D eigenvalue weighted by molar-refractivity contribution is 0.295. The van der Waals surface area contributed by atoms with Crippen molar-refractivity contribution in [2.75, 3.05) is 0 Å². The molecule has 1 aromatic carbocycles. The first-order valence-electron chi connectivity index (χ1n) is 5.93. The number of benzene rings is 1. The second-order valence-corrected chi connectivity index (χ2v) is 4.99. The smallest absolute Gasteiger partial charge is 0.123 e. The highest BCUT2D eigenvalue weighted by Gasteiger charge is 2.27. The fourth-order valence-electron chi connectivity index (χ4n) is 1.92. The summed E-state index contributed by atoms with van der Waals surface area (Å²) in [7, 11) is 0. The second kappa shape index (κ2) is 4.96. The van der Waals surface area contributed by atoms with E-state index < -0.39 is 0 Å². The van der Waals surface area contributed by atoms with Gasteiger partial charge >= 0.3 is 0 Å². The molecule has 1 aromatic rings. The van der Waals surface area contributed by atoms with Gasteiger partial charge in [-0.05, 0) is 48.9 Å². The zero-order chi connectivity index (χ0) is 12.3. The van der Waals surface area contributed by atoms with Gasteiger partial charge in [-0.25, -0.2) is 4.39 Å². The Hall–Kier alpha value is -0.890. The molecule has 1 unspecified atom stereocenters. The number of hydrogen-bond donors (Lipinski definition) is 1. The van der Waals surface area contributed by atoms with Crippen LogP contribution in [-0.4, -0.2) is 5.54 Å². The molecular weight excluding hydrogens is 201 g/mol. The van der Waals surface area contributed by atoms with Crippen LogP contribution in [0, 0.1) is 18.7 Å². The van der Waals surface area contributed by atoms with Crippen molar-refractivity contribution in [2.24, 2.45) is 11.7 Å². The average molecular weight is 223 g/mol. The molecule has 90 valence electrons. The van der Waals surface area contributed by atoms with Gasteiger partial charge in [0.05, 0.1) is 0 Å². The molecule has 0 aromatic heterocycles. The number of rotatable bonds is 4. The van der Waals surface area contributed by atoms with Gasteiger partial charge < -0.3 is 5.73 Å². The molecule has 0 saturated carbocycles. The highest BCUT2D eigenvalue weighted by atomic mass is 19.1. The molecule has 16 heavy (non-hydrogen) atoms. The van der Waals surface area contributed by atoms with Crippen LogP contribution in [0.2, 0.25) is 0 Å². The van der Waals surface area contributed by atoms with E-state index in [1.165, 1.54) is 6.07 Å². The van der Waals surface area contributed by atoms with Crippen LogP contribution in [0.4, 0.5) is 4.39 Å². The maximum Gasteiger partial charge on any atom is 0.123 e. The summed E-state index contributed by atoms with van der Waals surface area (Å²) in [5, 5.41) is 0. The molecule has 1 rings (SSSR count). The molecule has 1 nitrogen and oxygen atoms in total. The molecule has 0 spiro atoms. The van der Waals surface area contributed by atoms with E-state index in [0.29, 0.717) is 5.92 Å². The number of aryl methyl sites for hydroxylation is 1. The minimum absolute atomic E-state index is 0.178. The summed E-state index contributed by atoms with van der Waals surface area (Å²) in [4.78, 5) is 0. The summed E-state index contributed by atoms with van der Waals surface area (Å²) in [6.07, 6.45) is 1.64. The molecule has 2 N–H and O–H groups in total. The molecule has 0 fully saturated rings. The summed E-state index contributed by atoms with van der Waals surface area (Å²) in [6.45, 7) is 8.34. The van der Waals surface area contributed by atoms with Crippen molar-refractivity contribution in [3.63, 3.8) is 0 Å². The summed E-state index contributed by atoms with van der Waals surface area (Å²) in [5.74, 6) is 0.211. The van der Waals surface area contributed by atoms with Crippen LogP contribution in [0.5, 0.6) is 0 Å². The maximum atomic E-state index is 13.2. The van der Waals surface area contributed by atoms with Crippen LogP contribution >= 0.6 is 0 Å². The van der Waals surface area contributed by atoms with E-state index in [0.717, 1.165) is 24.0 Å². The Balaban J connectivity index is 2.98. The molecule has 1 atom stereocenters. The van der Waals surface area contributed by atoms with Crippen molar-refractivity contribution >= 4 is 0 Å². The van der Waals surface area contributed by atoms with Crippen molar-refractivity contribution in [3.05, 3.63) is 35.1 Å². The van der Waals surface area contributed by atoms with Gasteiger partial charge in [0.1, 0.15) is 5.82 Å². The van der Waals surface area contributed by atoms with Gasteiger partial charge in [-0.2, -0.15) is 0 Å². The predicted octanol–water partition coefficient (Wildman–Crippen LogP) is 3.44. The number of nitrogens with two attached hydrogens (primary N) is 1. The SMILES string of the molecule is CCC(N)(Cc1cc(F)ccc1C)C(C)C. The summed E-state index contributed by atoms with van der Waals surface area (Å²) < 4.78 is 13.2. The first kappa shape index (κ1) is 13.2. The van der Waals surface area contributed by atoms with Gasteiger partial charge in [0, 0.05) is 5.54 Å². The molecule has 0 aliphatic heterocycles. The molecule has 0 bridgehead atoms. The second-order valence-electron chi connectivity index (χ2n) is 4.99. The summed E-state index contributed by atoms with van der Waals surface area (Å²) >= 11 is 0. The van der Waals surface area contributed by atoms with Crippen LogP contribution < -0.4 is 5.73 Å². The third-order valence-corrected chi connectivity index (χ3v) is 3.64. The van der Waals surface area contributed by atoms with Crippen LogP contribution in [0.15, 0.2) is 18.2 Å². The Kier molecular flexibility index (Phi) is 4.09. The first-order chi connectivity index (χ1) is 7.39. The first-order valence-corrected chi connectivity index (χ1v) is 5.93. The third-order valence-electron chi connectivity index (χ3n) is 3.64. The van der Waals surface area contributed by atoms with Crippen molar-refractivity contribution < 1.29 is 4.39 Å². The molecule has 2 heteroatoms. The zero-order valence-electron chi connectivity index (χ0n) is 10.7. The Morgan fingerprint density at radius 3 is 2.50 bits per heavy atom. The van der Waals surface area contributed by atoms with Crippen LogP contribution in [-0.2, 0) is 6.42 Å². The Morgan fingerprint density at radius 1 is 1.38 bits per heavy atom. The molecule has 0 aliphatic rings. The van der Waals surface area contributed by atoms with E-state index in [-0.39, 0.29) is 11.4 Å². The predicted molar refractivity (Wildman–Crippen MR) is 66.9 cm³/mol. The fraction of sp³-hybridized carbons (Fsp3) is 0.571. The zero-order valence-corrected chi connectivity index (χ0v) is 10.7. The molecule has 0 radical (unpaired) electrons. The molecule has 0 aliphatic carbocycles. The van der Waals surface area contributed by atoms with Gasteiger partial charge in [0.25, 0.3) is 0 Å². The standard InChI is InChI=1S/C14H22FN/c1-5-14(16,10(2)3)9-12-8-13(15)7-6-11(12)4/h6-8,10H,5,9,16H2,1-4H3. The summed E-state index contributed by atoms with van der Waals surface area (Å²) in [5.41, 5.74) is 8.27. The van der Waals surface area contributed by atoms with Gasteiger partial charge in [0.15, 0.2) is 0 Å². The van der Waals surface area contributed by atoms with Crippen molar-refractivity contribution in [1.82, 2.24) is 0 Å². The Bertz CT molecular complexity index is 360. The van der Waals surface area contributed by atoms with E-state index >= 15 is 0 Å². The number of halogens is 1. The molecule has 0 saturated heterocycles. The molecule has 0 amide bonds. The monoisotopic (exact) mass is 223 g/mol. The lowest BCUT2D eigenvalue weighted by Crippen LogP contribution is -2.46. The van der Waals surface area contributed by atoms with Crippen molar-refractivity contribution in [3.8, 4) is 0 Å². The minimum Gasteiger partial charge on any atom is -0.325 e. The normalized spacial score (nSPS) is 15.2. The van der Waals surface area contributed by atoms with Gasteiger partial charge in [0.2, 0.25) is 0 Å². The molecule has 0 heterocycles. The highest BCUT2D eigenvalue weighted by Crippen LogP contribution is 2.25. The van der Waals surface area contributed by atoms with Gasteiger partial charge in [-0.3, -0.25) is 0 Å². The topological polar surface area (TPSA) is 26.0 Å². The lowest BCUT2D eigenvalue weighted by atomic mass is 9.79. The lowest BCUT2D eigenvalue weighted by Gasteiger charge is -2.33. The quantitative estimate of drug-likeness (QED) is 0.831. The Labute approximate surface area is 97.9 Å². The largest absolute Gasteiger partial charge is 0.325 e. The maximum absolute atomic E-state index is 13.2. The Morgan fingerprint density at radius 2 is 2.00 bits per heavy atom. The van der Waals surface area contributed by atoms with Gasteiger partial charge in [-0.15, -0.1) is 0 Å². The van der Waals surface area contributed by atoms with E-state index in [2.05, 4.69) is 20.8 Å². The highest BCUT2D eigenvalue weighted by molar-refractivity contribution is 5.28. The van der Waals surface area contributed by atoms with E-state index in [9.17, 15) is 4.39 Å². The molecular formula is C14H22FN. The van der Waals surface area contributed by atoms with Gasteiger partial charge in [-0.1, -0.05) is 26.8 Å². The fourth-order valence-corrected chi connectivity index (χ4v) is 1.92. The van der Waals surface area contributed by atoms with Crippen molar-refractivity contribution in [2.45, 2.75) is 46.1 Å². The van der Waals surface area contributed by atoms with Crippen LogP contribution in [0.3, 0.4) is 0 Å². The average Bonchev–Trinajstić information content (AvgIpc) is 2.23.